The van der Waals surface area contributed by atoms with Gasteiger partial charge in [0.1, 0.15) is 48.8 Å². The molecule has 2 rings (SSSR count). The second-order valence-electron chi connectivity index (χ2n) is 24.6. The molecular formula is C80H129NO13. The molecule has 1 amide bonds. The lowest BCUT2D eigenvalue weighted by Crippen LogP contribution is -2.65. The summed E-state index contributed by atoms with van der Waals surface area (Å²) < 4.78 is 22.8. The number of allylic oxidation sites excluding steroid dienone is 27. The molecule has 2 fully saturated rings. The van der Waals surface area contributed by atoms with Crippen LogP contribution in [-0.4, -0.2) is 140 Å². The summed E-state index contributed by atoms with van der Waals surface area (Å²) in [5.41, 5.74) is 0. The molecule has 0 aromatic rings. The summed E-state index contributed by atoms with van der Waals surface area (Å²) in [4.78, 5) is 13.3. The lowest BCUT2D eigenvalue weighted by molar-refractivity contribution is -0.359. The highest BCUT2D eigenvalue weighted by Gasteiger charge is 2.51. The van der Waals surface area contributed by atoms with Crippen molar-refractivity contribution in [2.45, 2.75) is 306 Å². The van der Waals surface area contributed by atoms with E-state index in [-0.39, 0.29) is 18.9 Å². The standard InChI is InChI=1S/C80H129NO13/c1-3-5-7-9-11-13-15-17-19-21-23-25-26-27-28-29-30-31-32-33-34-35-36-37-38-39-40-41-42-44-46-48-50-52-54-56-58-60-62-64-72(85)81-68(69(84)63-61-59-57-55-53-51-49-47-45-43-24-22-20-18-16-14-12-10-8-6-4-2)67-91-79-77(90)75(88)78(71(66-83)93-79)94-80-76(89)74(87)73(86)70(65-82)92-80/h5,7,11,13,17,19,23,25,27-28,30-31,33-34,36-37,39-40,42,44,48,50,53-56,61,63,68-71,73-80,82-84,86-90H,3-4,6,8-10,12,14-16,18,20-22,24,26,29,32,35,38,41,43,45-47,49,51-52,57-60,62,64-67H2,1-2H3,(H,81,85)/b7-5-,13-11-,19-17-,25-23-,28-27-,31-30-,34-33-,37-36-,40-39-,44-42-,50-48-,55-53+,56-54-,63-61+. The van der Waals surface area contributed by atoms with E-state index in [1.807, 2.05) is 6.08 Å². The third-order valence-electron chi connectivity index (χ3n) is 16.4. The molecule has 14 heteroatoms. The largest absolute Gasteiger partial charge is 0.394 e. The molecule has 12 atom stereocenters. The molecule has 2 aliphatic rings. The summed E-state index contributed by atoms with van der Waals surface area (Å²) in [5.74, 6) is -0.297. The van der Waals surface area contributed by atoms with Gasteiger partial charge < -0.3 is 65.1 Å². The van der Waals surface area contributed by atoms with Gasteiger partial charge in [0.15, 0.2) is 12.6 Å². The number of rotatable bonds is 57. The molecule has 94 heavy (non-hydrogen) atoms. The van der Waals surface area contributed by atoms with Crippen LogP contribution in [0.3, 0.4) is 0 Å². The topological polar surface area (TPSA) is 228 Å². The Morgan fingerprint density at radius 1 is 0.394 bits per heavy atom. The van der Waals surface area contributed by atoms with Crippen molar-refractivity contribution in [3.8, 4) is 0 Å². The second-order valence-corrected chi connectivity index (χ2v) is 24.6. The summed E-state index contributed by atoms with van der Waals surface area (Å²) in [6.07, 6.45) is 79.8. The SMILES string of the molecule is CC/C=C\C/C=C\C/C=C\C/C=C\C/C=C\C/C=C\C/C=C\C/C=C\C/C=C\C/C=C\C/C=C\C/C=C\CCCCC(=O)NC(COC1OC(CO)C(OC2OC(CO)C(O)C(O)C2O)C(O)C1O)C(O)/C=C/CC/C=C/CCCCCCCCCCCCCCCCC. The zero-order valence-electron chi connectivity index (χ0n) is 57.9. The van der Waals surface area contributed by atoms with Crippen molar-refractivity contribution < 1.29 is 64.6 Å². The number of aliphatic hydroxyl groups is 8. The molecule has 9 N–H and O–H groups in total. The van der Waals surface area contributed by atoms with Crippen molar-refractivity contribution in [3.05, 3.63) is 170 Å². The third-order valence-corrected chi connectivity index (χ3v) is 16.4. The highest BCUT2D eigenvalue weighted by Crippen LogP contribution is 2.30. The Balaban J connectivity index is 1.70. The lowest BCUT2D eigenvalue weighted by Gasteiger charge is -2.46. The smallest absolute Gasteiger partial charge is 0.220 e. The number of unbranched alkanes of at least 4 members (excludes halogenated alkanes) is 18. The van der Waals surface area contributed by atoms with Crippen LogP contribution >= 0.6 is 0 Å². The molecule has 0 spiro atoms. The van der Waals surface area contributed by atoms with Crippen LogP contribution in [-0.2, 0) is 23.7 Å². The van der Waals surface area contributed by atoms with Crippen LogP contribution in [0.25, 0.3) is 0 Å². The van der Waals surface area contributed by atoms with E-state index < -0.39 is 86.8 Å². The van der Waals surface area contributed by atoms with Crippen molar-refractivity contribution >= 4 is 5.91 Å². The van der Waals surface area contributed by atoms with E-state index in [0.29, 0.717) is 12.8 Å². The number of nitrogens with one attached hydrogen (secondary N) is 1. The number of ether oxygens (including phenoxy) is 4. The maximum absolute atomic E-state index is 13.3. The third kappa shape index (κ3) is 45.0. The van der Waals surface area contributed by atoms with Crippen molar-refractivity contribution in [1.82, 2.24) is 5.32 Å². The van der Waals surface area contributed by atoms with E-state index in [4.69, 9.17) is 18.9 Å². The second kappa shape index (κ2) is 61.9. The Hall–Kier alpha value is -4.65. The first-order valence-electron chi connectivity index (χ1n) is 36.4. The molecule has 2 heterocycles. The maximum Gasteiger partial charge on any atom is 0.220 e. The number of hydrogen-bond acceptors (Lipinski definition) is 13. The summed E-state index contributed by atoms with van der Waals surface area (Å²) in [6, 6.07) is -0.969. The van der Waals surface area contributed by atoms with E-state index >= 15 is 0 Å². The monoisotopic (exact) mass is 1310 g/mol. The van der Waals surface area contributed by atoms with Crippen molar-refractivity contribution in [3.63, 3.8) is 0 Å². The number of carbonyl (C=O) groups excluding carboxylic acids is 1. The molecule has 0 bridgehead atoms. The maximum atomic E-state index is 13.3. The van der Waals surface area contributed by atoms with Crippen LogP contribution in [0.5, 0.6) is 0 Å². The minimum atomic E-state index is -1.80. The molecule has 0 radical (unpaired) electrons. The van der Waals surface area contributed by atoms with Gasteiger partial charge in [-0.2, -0.15) is 0 Å². The zero-order chi connectivity index (χ0) is 68.0. The molecule has 14 nitrogen and oxygen atoms in total. The van der Waals surface area contributed by atoms with E-state index in [0.717, 1.165) is 103 Å². The van der Waals surface area contributed by atoms with Crippen molar-refractivity contribution in [2.24, 2.45) is 0 Å². The van der Waals surface area contributed by atoms with E-state index in [1.165, 1.54) is 96.3 Å². The quantitative estimate of drug-likeness (QED) is 0.0204. The first-order valence-corrected chi connectivity index (χ1v) is 36.4. The predicted molar refractivity (Wildman–Crippen MR) is 387 cm³/mol. The fraction of sp³-hybridized carbons (Fsp3) is 0.637. The number of amides is 1. The fourth-order valence-electron chi connectivity index (χ4n) is 10.6. The van der Waals surface area contributed by atoms with Crippen LogP contribution in [0.2, 0.25) is 0 Å². The minimum Gasteiger partial charge on any atom is -0.394 e. The normalized spacial score (nSPS) is 23.5. The average molecular weight is 1310 g/mol. The highest BCUT2D eigenvalue weighted by molar-refractivity contribution is 5.76. The van der Waals surface area contributed by atoms with Crippen LogP contribution in [0.1, 0.15) is 232 Å². The number of aliphatic hydroxyl groups excluding tert-OH is 8. The van der Waals surface area contributed by atoms with E-state index in [1.54, 1.807) is 6.08 Å². The van der Waals surface area contributed by atoms with Gasteiger partial charge in [0.05, 0.1) is 32.0 Å². The van der Waals surface area contributed by atoms with Crippen LogP contribution in [0.15, 0.2) is 170 Å². The average Bonchev–Trinajstić information content (AvgIpc) is 0.794. The lowest BCUT2D eigenvalue weighted by atomic mass is 9.97. The first kappa shape index (κ1) is 85.4. The van der Waals surface area contributed by atoms with E-state index in [9.17, 15) is 45.6 Å². The van der Waals surface area contributed by atoms with Crippen molar-refractivity contribution in [2.75, 3.05) is 19.8 Å². The molecule has 0 saturated carbocycles. The van der Waals surface area contributed by atoms with Gasteiger partial charge in [-0.1, -0.05) is 274 Å². The molecule has 12 unspecified atom stereocenters. The van der Waals surface area contributed by atoms with Crippen molar-refractivity contribution in [1.29, 1.82) is 0 Å². The van der Waals surface area contributed by atoms with Gasteiger partial charge in [0, 0.05) is 6.42 Å². The van der Waals surface area contributed by atoms with Gasteiger partial charge in [-0.15, -0.1) is 0 Å². The first-order chi connectivity index (χ1) is 46.1. The van der Waals surface area contributed by atoms with Gasteiger partial charge >= 0.3 is 0 Å². The van der Waals surface area contributed by atoms with Gasteiger partial charge in [-0.25, -0.2) is 0 Å². The Morgan fingerprint density at radius 2 is 0.745 bits per heavy atom. The molecule has 0 aliphatic carbocycles. The van der Waals surface area contributed by atoms with Crippen LogP contribution < -0.4 is 5.32 Å². The molecule has 2 aliphatic heterocycles. The minimum absolute atomic E-state index is 0.207. The van der Waals surface area contributed by atoms with Crippen LogP contribution in [0, 0.1) is 0 Å². The summed E-state index contributed by atoms with van der Waals surface area (Å²) >= 11 is 0. The molecule has 0 aromatic heterocycles. The van der Waals surface area contributed by atoms with E-state index in [2.05, 4.69) is 177 Å². The Morgan fingerprint density at radius 3 is 1.17 bits per heavy atom. The van der Waals surface area contributed by atoms with Gasteiger partial charge in [0.25, 0.3) is 0 Å². The molecule has 0 aromatic carbocycles. The predicted octanol–water partition coefficient (Wildman–Crippen LogP) is 15.6. The van der Waals surface area contributed by atoms with Gasteiger partial charge in [-0.3, -0.25) is 4.79 Å². The van der Waals surface area contributed by atoms with Crippen LogP contribution in [0.4, 0.5) is 0 Å². The summed E-state index contributed by atoms with van der Waals surface area (Å²) in [5, 5.41) is 87.4. The Bertz CT molecular complexity index is 2240. The molecular weight excluding hydrogens is 1180 g/mol. The number of hydrogen-bond donors (Lipinski definition) is 9. The molecule has 532 valence electrons. The van der Waals surface area contributed by atoms with Gasteiger partial charge in [0.2, 0.25) is 5.91 Å². The van der Waals surface area contributed by atoms with Gasteiger partial charge in [-0.05, 0) is 122 Å². The Labute approximate surface area is 568 Å². The summed E-state index contributed by atoms with van der Waals surface area (Å²) in [7, 11) is 0. The summed E-state index contributed by atoms with van der Waals surface area (Å²) in [6.45, 7) is 2.63. The Kier molecular flexibility index (Phi) is 56.3. The zero-order valence-corrected chi connectivity index (χ0v) is 57.9. The number of carbonyl (C=O) groups is 1. The highest BCUT2D eigenvalue weighted by atomic mass is 16.7. The fourth-order valence-corrected chi connectivity index (χ4v) is 10.6. The molecule has 2 saturated heterocycles.